The number of hydrogen-bond acceptors (Lipinski definition) is 2. The monoisotopic (exact) mass is 279 g/mol. The van der Waals surface area contributed by atoms with Gasteiger partial charge in [-0.1, -0.05) is 0 Å². The maximum absolute atomic E-state index is 13.2. The highest BCUT2D eigenvalue weighted by atomic mass is 19.4. The first-order valence-electron chi connectivity index (χ1n) is 5.40. The molecule has 1 atom stereocenters. The van der Waals surface area contributed by atoms with Gasteiger partial charge < -0.3 is 10.3 Å². The van der Waals surface area contributed by atoms with Crippen molar-refractivity contribution in [1.82, 2.24) is 9.55 Å². The van der Waals surface area contributed by atoms with E-state index in [4.69, 9.17) is 5.73 Å². The summed E-state index contributed by atoms with van der Waals surface area (Å²) in [4.78, 5) is 3.33. The number of hydrogen-bond donors (Lipinski definition) is 1. The molecule has 1 heterocycles. The van der Waals surface area contributed by atoms with E-state index in [1.54, 1.807) is 0 Å². The van der Waals surface area contributed by atoms with Crippen molar-refractivity contribution in [3.05, 3.63) is 29.6 Å². The highest BCUT2D eigenvalue weighted by Crippen LogP contribution is 2.34. The van der Waals surface area contributed by atoms with Gasteiger partial charge in [0.1, 0.15) is 0 Å². The summed E-state index contributed by atoms with van der Waals surface area (Å²) < 4.78 is 65.6. The summed E-state index contributed by atoms with van der Waals surface area (Å²) in [7, 11) is 0. The fourth-order valence-corrected chi connectivity index (χ4v) is 1.84. The number of nitrogens with zero attached hydrogens (tertiary/aromatic N) is 2. The maximum atomic E-state index is 13.2. The molecule has 2 aromatic rings. The number of aromatic nitrogens is 2. The van der Waals surface area contributed by atoms with Gasteiger partial charge in [-0.05, 0) is 6.92 Å². The van der Waals surface area contributed by atoms with Gasteiger partial charge >= 0.3 is 6.18 Å². The average Bonchev–Trinajstić information content (AvgIpc) is 2.67. The summed E-state index contributed by atoms with van der Waals surface area (Å²) in [5.41, 5.74) is 4.96. The molecule has 0 aliphatic carbocycles. The van der Waals surface area contributed by atoms with Crippen LogP contribution in [0.3, 0.4) is 0 Å². The van der Waals surface area contributed by atoms with E-state index in [9.17, 15) is 22.0 Å². The lowest BCUT2D eigenvalue weighted by molar-refractivity contribution is -0.147. The van der Waals surface area contributed by atoms with Gasteiger partial charge in [0.15, 0.2) is 11.6 Å². The Balaban J connectivity index is 2.82. The number of fused-ring (bicyclic) bond motifs is 1. The molecule has 2 N–H and O–H groups in total. The minimum absolute atomic E-state index is 0.0897. The molecule has 0 fully saturated rings. The summed E-state index contributed by atoms with van der Waals surface area (Å²) in [6, 6.07) is 0.588. The third kappa shape index (κ3) is 2.27. The molecule has 8 heteroatoms. The topological polar surface area (TPSA) is 43.8 Å². The van der Waals surface area contributed by atoms with Gasteiger partial charge in [-0.2, -0.15) is 13.2 Å². The van der Waals surface area contributed by atoms with Crippen molar-refractivity contribution < 1.29 is 22.0 Å². The molecule has 3 nitrogen and oxygen atoms in total. The molecule has 0 saturated heterocycles. The van der Waals surface area contributed by atoms with Crippen LogP contribution in [0.5, 0.6) is 0 Å². The molecule has 0 bridgehead atoms. The summed E-state index contributed by atoms with van der Waals surface area (Å²) in [6.45, 7) is 1.35. The lowest BCUT2D eigenvalue weighted by atomic mass is 10.2. The smallest absolute Gasteiger partial charge is 0.328 e. The second-order valence-electron chi connectivity index (χ2n) is 4.14. The van der Waals surface area contributed by atoms with Gasteiger partial charge in [-0.25, -0.2) is 13.8 Å². The van der Waals surface area contributed by atoms with Gasteiger partial charge in [0, 0.05) is 24.7 Å². The van der Waals surface area contributed by atoms with Gasteiger partial charge in [0.2, 0.25) is 5.82 Å². The SMILES string of the molecule is CC(CN)n1c(C(F)(F)F)nc2cc(F)c(F)cc21. The van der Waals surface area contributed by atoms with Gasteiger partial charge in [-0.3, -0.25) is 0 Å². The molecule has 1 aromatic carbocycles. The minimum Gasteiger partial charge on any atom is -0.328 e. The van der Waals surface area contributed by atoms with E-state index < -0.39 is 29.7 Å². The zero-order chi connectivity index (χ0) is 14.4. The van der Waals surface area contributed by atoms with Crippen LogP contribution in [0.4, 0.5) is 22.0 Å². The molecular formula is C11H10F5N3. The lowest BCUT2D eigenvalue weighted by Gasteiger charge is -2.16. The van der Waals surface area contributed by atoms with Crippen LogP contribution in [0.2, 0.25) is 0 Å². The molecule has 1 aromatic heterocycles. The summed E-state index contributed by atoms with van der Waals surface area (Å²) in [6.07, 6.45) is -4.73. The molecule has 0 saturated carbocycles. The molecular weight excluding hydrogens is 269 g/mol. The Hall–Kier alpha value is -1.70. The summed E-state index contributed by atoms with van der Waals surface area (Å²) in [5.74, 6) is -3.69. The van der Waals surface area contributed by atoms with Gasteiger partial charge in [0.05, 0.1) is 11.0 Å². The molecule has 104 valence electrons. The predicted octanol–water partition coefficient (Wildman–Crippen LogP) is 2.85. The zero-order valence-electron chi connectivity index (χ0n) is 9.80. The van der Waals surface area contributed by atoms with Crippen molar-refractivity contribution >= 4 is 11.0 Å². The van der Waals surface area contributed by atoms with E-state index in [0.29, 0.717) is 12.1 Å². The third-order valence-electron chi connectivity index (χ3n) is 2.77. The standard InChI is InChI=1S/C11H10F5N3/c1-5(4-17)19-9-3-7(13)6(12)2-8(9)18-10(19)11(14,15)16/h2-3,5H,4,17H2,1H3. The highest BCUT2D eigenvalue weighted by Gasteiger charge is 2.38. The van der Waals surface area contributed by atoms with Crippen molar-refractivity contribution in [3.63, 3.8) is 0 Å². The van der Waals surface area contributed by atoms with Gasteiger partial charge in [0.25, 0.3) is 0 Å². The zero-order valence-corrected chi connectivity index (χ0v) is 9.80. The summed E-state index contributed by atoms with van der Waals surface area (Å²) >= 11 is 0. The third-order valence-corrected chi connectivity index (χ3v) is 2.77. The number of nitrogens with two attached hydrogens (primary N) is 1. The van der Waals surface area contributed by atoms with E-state index in [-0.39, 0.29) is 17.6 Å². The molecule has 1 unspecified atom stereocenters. The predicted molar refractivity (Wildman–Crippen MR) is 58.4 cm³/mol. The number of imidazole rings is 1. The van der Waals surface area contributed by atoms with E-state index in [1.165, 1.54) is 6.92 Å². The molecule has 0 spiro atoms. The molecule has 19 heavy (non-hydrogen) atoms. The Kier molecular flexibility index (Phi) is 3.21. The van der Waals surface area contributed by atoms with Crippen LogP contribution >= 0.6 is 0 Å². The van der Waals surface area contributed by atoms with Crippen LogP contribution < -0.4 is 5.73 Å². The Morgan fingerprint density at radius 3 is 2.37 bits per heavy atom. The minimum atomic E-state index is -4.73. The summed E-state index contributed by atoms with van der Waals surface area (Å²) in [5, 5.41) is 0. The normalized spacial score (nSPS) is 14.1. The fourth-order valence-electron chi connectivity index (χ4n) is 1.84. The Morgan fingerprint density at radius 1 is 1.26 bits per heavy atom. The van der Waals surface area contributed by atoms with Crippen molar-refractivity contribution in [2.75, 3.05) is 6.54 Å². The molecule has 2 rings (SSSR count). The molecule has 0 radical (unpaired) electrons. The average molecular weight is 279 g/mol. The highest BCUT2D eigenvalue weighted by molar-refractivity contribution is 5.76. The Morgan fingerprint density at radius 2 is 1.84 bits per heavy atom. The van der Waals surface area contributed by atoms with Crippen LogP contribution in [0.15, 0.2) is 12.1 Å². The maximum Gasteiger partial charge on any atom is 0.449 e. The van der Waals surface area contributed by atoms with E-state index in [2.05, 4.69) is 4.98 Å². The molecule has 0 amide bonds. The van der Waals surface area contributed by atoms with Crippen LogP contribution in [0.25, 0.3) is 11.0 Å². The van der Waals surface area contributed by atoms with E-state index in [0.717, 1.165) is 4.57 Å². The first-order valence-corrected chi connectivity index (χ1v) is 5.40. The van der Waals surface area contributed by atoms with E-state index >= 15 is 0 Å². The van der Waals surface area contributed by atoms with Crippen LogP contribution in [0.1, 0.15) is 18.8 Å². The first-order chi connectivity index (χ1) is 8.75. The number of benzene rings is 1. The van der Waals surface area contributed by atoms with Crippen LogP contribution in [0, 0.1) is 11.6 Å². The van der Waals surface area contributed by atoms with Crippen molar-refractivity contribution in [2.45, 2.75) is 19.1 Å². The molecule has 0 aliphatic heterocycles. The quantitative estimate of drug-likeness (QED) is 0.859. The second kappa shape index (κ2) is 4.44. The Bertz CT molecular complexity index is 617. The largest absolute Gasteiger partial charge is 0.449 e. The van der Waals surface area contributed by atoms with Crippen molar-refractivity contribution in [1.29, 1.82) is 0 Å². The number of alkyl halides is 3. The molecule has 0 aliphatic rings. The second-order valence-corrected chi connectivity index (χ2v) is 4.14. The number of halogens is 5. The number of rotatable bonds is 2. The van der Waals surface area contributed by atoms with Crippen LogP contribution in [-0.4, -0.2) is 16.1 Å². The fraction of sp³-hybridized carbons (Fsp3) is 0.364. The van der Waals surface area contributed by atoms with Crippen molar-refractivity contribution in [2.24, 2.45) is 5.73 Å². The lowest BCUT2D eigenvalue weighted by Crippen LogP contribution is -2.22. The first kappa shape index (κ1) is 13.7. The van der Waals surface area contributed by atoms with Gasteiger partial charge in [-0.15, -0.1) is 0 Å². The van der Waals surface area contributed by atoms with Crippen molar-refractivity contribution in [3.8, 4) is 0 Å². The van der Waals surface area contributed by atoms with E-state index in [1.807, 2.05) is 0 Å². The Labute approximate surface area is 104 Å². The van der Waals surface area contributed by atoms with Crippen LogP contribution in [-0.2, 0) is 6.18 Å².